The van der Waals surface area contributed by atoms with Crippen molar-refractivity contribution in [2.24, 2.45) is 11.3 Å². The van der Waals surface area contributed by atoms with Crippen molar-refractivity contribution in [3.8, 4) is 5.75 Å². The molecule has 0 spiro atoms. The quantitative estimate of drug-likeness (QED) is 0.836. The molecular weight excluding hydrogens is 259 g/mol. The van der Waals surface area contributed by atoms with Gasteiger partial charge in [0.05, 0.1) is 5.02 Å². The molecule has 0 radical (unpaired) electrons. The van der Waals surface area contributed by atoms with Gasteiger partial charge in [-0.25, -0.2) is 0 Å². The predicted octanol–water partition coefficient (Wildman–Crippen LogP) is 4.10. The molecule has 0 bridgehead atoms. The van der Waals surface area contributed by atoms with Gasteiger partial charge in [0, 0.05) is 11.0 Å². The summed E-state index contributed by atoms with van der Waals surface area (Å²) in [5.74, 6) is 0.171. The summed E-state index contributed by atoms with van der Waals surface area (Å²) < 4.78 is 0. The fraction of sp³-hybridized carbons (Fsp3) is 0.462. The lowest BCUT2D eigenvalue weighted by Gasteiger charge is -2.26. The van der Waals surface area contributed by atoms with Crippen LogP contribution in [-0.4, -0.2) is 10.9 Å². The van der Waals surface area contributed by atoms with Gasteiger partial charge in [-0.2, -0.15) is 0 Å². The number of phenolic OH excluding ortho intramolecular Hbond substituents is 1. The molecule has 2 rings (SSSR count). The molecule has 2 nitrogen and oxygen atoms in total. The molecule has 1 N–H and O–H groups in total. The molecule has 1 aliphatic carbocycles. The molecular formula is C13H14Cl2O2. The smallest absolute Gasteiger partial charge is 0.171 e. The first-order valence-electron chi connectivity index (χ1n) is 5.53. The van der Waals surface area contributed by atoms with E-state index in [1.807, 2.05) is 20.8 Å². The second-order valence-electron chi connectivity index (χ2n) is 5.14. The molecule has 0 heterocycles. The van der Waals surface area contributed by atoms with Crippen molar-refractivity contribution < 1.29 is 9.90 Å². The minimum absolute atomic E-state index is 0.0226. The van der Waals surface area contributed by atoms with E-state index in [-0.39, 0.29) is 27.5 Å². The Labute approximate surface area is 111 Å². The fourth-order valence-electron chi connectivity index (χ4n) is 2.28. The lowest BCUT2D eigenvalue weighted by Crippen LogP contribution is -2.30. The maximum absolute atomic E-state index is 12.4. The molecule has 0 saturated carbocycles. The average molecular weight is 273 g/mol. The Morgan fingerprint density at radius 2 is 1.94 bits per heavy atom. The first-order valence-corrected chi connectivity index (χ1v) is 6.29. The Kier molecular flexibility index (Phi) is 2.91. The van der Waals surface area contributed by atoms with Gasteiger partial charge in [-0.3, -0.25) is 4.79 Å². The number of hydrogen-bond acceptors (Lipinski definition) is 2. The molecule has 17 heavy (non-hydrogen) atoms. The number of benzene rings is 1. The zero-order chi connectivity index (χ0) is 13.0. The zero-order valence-electron chi connectivity index (χ0n) is 9.97. The summed E-state index contributed by atoms with van der Waals surface area (Å²) in [6.45, 7) is 5.96. The Hall–Kier alpha value is -0.730. The van der Waals surface area contributed by atoms with E-state index >= 15 is 0 Å². The third-order valence-corrected chi connectivity index (χ3v) is 4.70. The average Bonchev–Trinajstić information content (AvgIpc) is 2.49. The van der Waals surface area contributed by atoms with Gasteiger partial charge in [-0.15, -0.1) is 0 Å². The number of hydrogen-bond donors (Lipinski definition) is 1. The van der Waals surface area contributed by atoms with Gasteiger partial charge in [-0.05, 0) is 24.0 Å². The number of ketones is 1. The van der Waals surface area contributed by atoms with E-state index in [4.69, 9.17) is 23.2 Å². The summed E-state index contributed by atoms with van der Waals surface area (Å²) in [5, 5.41) is 9.87. The number of carbonyl (C=O) groups is 1. The maximum Gasteiger partial charge on any atom is 0.171 e. The maximum atomic E-state index is 12.4. The number of carbonyl (C=O) groups excluding carboxylic acids is 1. The van der Waals surface area contributed by atoms with Gasteiger partial charge in [0.25, 0.3) is 0 Å². The third kappa shape index (κ3) is 1.66. The predicted molar refractivity (Wildman–Crippen MR) is 69.1 cm³/mol. The minimum atomic E-state index is -0.455. The zero-order valence-corrected chi connectivity index (χ0v) is 11.5. The molecule has 1 atom stereocenters. The number of phenols is 1. The number of Topliss-reactive ketones (excluding diaryl/α,β-unsaturated/α-hetero) is 1. The highest BCUT2D eigenvalue weighted by atomic mass is 35.5. The molecule has 0 aromatic heterocycles. The van der Waals surface area contributed by atoms with Crippen molar-refractivity contribution >= 4 is 29.0 Å². The largest absolute Gasteiger partial charge is 0.506 e. The normalized spacial score (nSPS) is 23.3. The summed E-state index contributed by atoms with van der Waals surface area (Å²) in [6.07, 6.45) is 0.600. The molecule has 0 fully saturated rings. The Morgan fingerprint density at radius 3 is 2.47 bits per heavy atom. The van der Waals surface area contributed by atoms with Crippen LogP contribution >= 0.6 is 23.2 Å². The summed E-state index contributed by atoms with van der Waals surface area (Å²) in [7, 11) is 0. The lowest BCUT2D eigenvalue weighted by atomic mass is 9.76. The standard InChI is InChI=1S/C13H14Cl2O2/c1-6(2)13(3)5-7-4-8(16)10(14)11(15)9(7)12(13)17/h4,6,16H,5H2,1-3H3/t13-/m1/s1. The second kappa shape index (κ2) is 3.89. The minimum Gasteiger partial charge on any atom is -0.506 e. The van der Waals surface area contributed by atoms with Gasteiger partial charge in [-0.1, -0.05) is 44.0 Å². The van der Waals surface area contributed by atoms with Crippen LogP contribution in [-0.2, 0) is 6.42 Å². The number of aromatic hydroxyl groups is 1. The van der Waals surface area contributed by atoms with Crippen LogP contribution in [0.4, 0.5) is 0 Å². The fourth-order valence-corrected chi connectivity index (χ4v) is 2.73. The van der Waals surface area contributed by atoms with E-state index in [9.17, 15) is 9.90 Å². The van der Waals surface area contributed by atoms with Gasteiger partial charge in [0.1, 0.15) is 10.8 Å². The van der Waals surface area contributed by atoms with Crippen LogP contribution in [0.25, 0.3) is 0 Å². The van der Waals surface area contributed by atoms with Crippen LogP contribution in [0.1, 0.15) is 36.7 Å². The lowest BCUT2D eigenvalue weighted by molar-refractivity contribution is 0.0772. The van der Waals surface area contributed by atoms with Crippen molar-refractivity contribution in [1.82, 2.24) is 0 Å². The number of rotatable bonds is 1. The highest BCUT2D eigenvalue weighted by molar-refractivity contribution is 6.45. The summed E-state index contributed by atoms with van der Waals surface area (Å²) in [4.78, 5) is 12.4. The number of fused-ring (bicyclic) bond motifs is 1. The van der Waals surface area contributed by atoms with E-state index in [1.165, 1.54) is 0 Å². The molecule has 0 saturated heterocycles. The van der Waals surface area contributed by atoms with Gasteiger partial charge in [0.2, 0.25) is 0 Å². The van der Waals surface area contributed by atoms with Crippen molar-refractivity contribution in [3.05, 3.63) is 27.2 Å². The molecule has 0 unspecified atom stereocenters. The molecule has 92 valence electrons. The molecule has 1 aromatic rings. The topological polar surface area (TPSA) is 37.3 Å². The molecule has 4 heteroatoms. The van der Waals surface area contributed by atoms with Crippen LogP contribution in [0.2, 0.25) is 10.0 Å². The summed E-state index contributed by atoms with van der Waals surface area (Å²) in [6, 6.07) is 1.55. The van der Waals surface area contributed by atoms with Crippen molar-refractivity contribution in [3.63, 3.8) is 0 Å². The summed E-state index contributed by atoms with van der Waals surface area (Å²) >= 11 is 11.9. The van der Waals surface area contributed by atoms with Crippen molar-refractivity contribution in [1.29, 1.82) is 0 Å². The Balaban J connectivity index is 2.65. The molecule has 1 aromatic carbocycles. The SMILES string of the molecule is CC(C)[C@@]1(C)Cc2cc(O)c(Cl)c(Cl)c2C1=O. The van der Waals surface area contributed by atoms with Gasteiger partial charge in [0.15, 0.2) is 5.78 Å². The van der Waals surface area contributed by atoms with Crippen LogP contribution in [0.15, 0.2) is 6.07 Å². The Morgan fingerprint density at radius 1 is 1.35 bits per heavy atom. The first-order chi connectivity index (χ1) is 7.79. The van der Waals surface area contributed by atoms with Crippen LogP contribution < -0.4 is 0 Å². The summed E-state index contributed by atoms with van der Waals surface area (Å²) in [5.41, 5.74) is 0.812. The first kappa shape index (κ1) is 12.7. The van der Waals surface area contributed by atoms with E-state index in [2.05, 4.69) is 0 Å². The molecule has 0 amide bonds. The Bertz CT molecular complexity index is 509. The van der Waals surface area contributed by atoms with Crippen LogP contribution in [0.5, 0.6) is 5.75 Å². The van der Waals surface area contributed by atoms with Crippen LogP contribution in [0, 0.1) is 11.3 Å². The second-order valence-corrected chi connectivity index (χ2v) is 5.89. The van der Waals surface area contributed by atoms with Gasteiger partial charge < -0.3 is 5.11 Å². The van der Waals surface area contributed by atoms with E-state index in [1.54, 1.807) is 6.07 Å². The van der Waals surface area contributed by atoms with Crippen LogP contribution in [0.3, 0.4) is 0 Å². The third-order valence-electron chi connectivity index (χ3n) is 3.85. The number of halogens is 2. The highest BCUT2D eigenvalue weighted by Crippen LogP contribution is 2.48. The van der Waals surface area contributed by atoms with E-state index in [0.29, 0.717) is 12.0 Å². The van der Waals surface area contributed by atoms with Crippen molar-refractivity contribution in [2.45, 2.75) is 27.2 Å². The molecule has 0 aliphatic heterocycles. The van der Waals surface area contributed by atoms with Crippen molar-refractivity contribution in [2.75, 3.05) is 0 Å². The van der Waals surface area contributed by atoms with E-state index < -0.39 is 5.41 Å². The monoisotopic (exact) mass is 272 g/mol. The highest BCUT2D eigenvalue weighted by Gasteiger charge is 2.45. The van der Waals surface area contributed by atoms with E-state index in [0.717, 1.165) is 5.56 Å². The van der Waals surface area contributed by atoms with Gasteiger partial charge >= 0.3 is 0 Å². The molecule has 1 aliphatic rings.